The van der Waals surface area contributed by atoms with Gasteiger partial charge in [0.1, 0.15) is 5.82 Å². The molecule has 0 N–H and O–H groups in total. The van der Waals surface area contributed by atoms with Crippen molar-refractivity contribution < 1.29 is 13.9 Å². The van der Waals surface area contributed by atoms with E-state index in [0.29, 0.717) is 31.2 Å². The highest BCUT2D eigenvalue weighted by Crippen LogP contribution is 2.36. The van der Waals surface area contributed by atoms with Crippen molar-refractivity contribution in [3.8, 4) is 11.6 Å². The number of fused-ring (bicyclic) bond motifs is 1. The van der Waals surface area contributed by atoms with Crippen LogP contribution in [-0.2, 0) is 15.9 Å². The van der Waals surface area contributed by atoms with Crippen molar-refractivity contribution in [2.24, 2.45) is 0 Å². The number of benzene rings is 1. The number of nitrogens with zero attached hydrogens (tertiary/aromatic N) is 5. The van der Waals surface area contributed by atoms with Gasteiger partial charge in [-0.2, -0.15) is 0 Å². The van der Waals surface area contributed by atoms with Gasteiger partial charge in [-0.05, 0) is 30.7 Å². The standard InChI is InChI=1S/C22H24FN5O2S/c1-29-9-4-10-31-17-12-15(23)11-16(13-17)28-8-5-19-18(22(28)30-2)14-26-21(27-19)20-24-6-3-7-25-20/h3,6-7,11-14,22H,4-5,8-10H2,1-2H3. The van der Waals surface area contributed by atoms with Crippen molar-refractivity contribution in [1.29, 1.82) is 0 Å². The summed E-state index contributed by atoms with van der Waals surface area (Å²) in [6.45, 7) is 1.34. The highest BCUT2D eigenvalue weighted by Gasteiger charge is 2.30. The van der Waals surface area contributed by atoms with E-state index in [2.05, 4.69) is 19.9 Å². The van der Waals surface area contributed by atoms with Gasteiger partial charge in [0, 0.05) is 74.3 Å². The molecule has 1 aliphatic heterocycles. The minimum Gasteiger partial charge on any atom is -0.385 e. The second kappa shape index (κ2) is 10.1. The fourth-order valence-corrected chi connectivity index (χ4v) is 4.47. The van der Waals surface area contributed by atoms with Crippen LogP contribution in [-0.4, -0.2) is 53.1 Å². The van der Waals surface area contributed by atoms with E-state index in [9.17, 15) is 4.39 Å². The van der Waals surface area contributed by atoms with Crippen molar-refractivity contribution in [3.05, 3.63) is 59.9 Å². The maximum atomic E-state index is 14.4. The molecular weight excluding hydrogens is 417 g/mol. The maximum Gasteiger partial charge on any atom is 0.197 e. The lowest BCUT2D eigenvalue weighted by atomic mass is 10.0. The van der Waals surface area contributed by atoms with Gasteiger partial charge in [-0.15, -0.1) is 11.8 Å². The first-order chi connectivity index (χ1) is 15.2. The van der Waals surface area contributed by atoms with Crippen molar-refractivity contribution >= 4 is 17.4 Å². The van der Waals surface area contributed by atoms with Crippen LogP contribution in [0, 0.1) is 5.82 Å². The van der Waals surface area contributed by atoms with Crippen LogP contribution in [0.5, 0.6) is 0 Å². The minimum absolute atomic E-state index is 0.264. The van der Waals surface area contributed by atoms with E-state index < -0.39 is 6.23 Å². The Morgan fingerprint density at radius 3 is 2.74 bits per heavy atom. The average molecular weight is 442 g/mol. The Hall–Kier alpha value is -2.62. The Bertz CT molecular complexity index is 1020. The van der Waals surface area contributed by atoms with Gasteiger partial charge in [0.25, 0.3) is 0 Å². The first-order valence-electron chi connectivity index (χ1n) is 10.0. The monoisotopic (exact) mass is 441 g/mol. The smallest absolute Gasteiger partial charge is 0.197 e. The molecule has 0 bridgehead atoms. The number of halogens is 1. The molecule has 9 heteroatoms. The second-order valence-electron chi connectivity index (χ2n) is 7.04. The zero-order valence-electron chi connectivity index (χ0n) is 17.5. The minimum atomic E-state index is -0.400. The van der Waals surface area contributed by atoms with Crippen LogP contribution in [0.1, 0.15) is 23.9 Å². The molecule has 3 heterocycles. The molecule has 0 spiro atoms. The number of hydrogen-bond acceptors (Lipinski definition) is 8. The van der Waals surface area contributed by atoms with E-state index in [1.807, 2.05) is 11.0 Å². The number of thioether (sulfide) groups is 1. The molecule has 0 amide bonds. The van der Waals surface area contributed by atoms with Crippen molar-refractivity contribution in [1.82, 2.24) is 19.9 Å². The van der Waals surface area contributed by atoms with Gasteiger partial charge in [0.15, 0.2) is 17.9 Å². The third-order valence-corrected chi connectivity index (χ3v) is 6.04. The van der Waals surface area contributed by atoms with Crippen LogP contribution in [0.25, 0.3) is 11.6 Å². The molecule has 1 unspecified atom stereocenters. The molecule has 1 atom stereocenters. The molecule has 0 aliphatic carbocycles. The molecule has 1 aliphatic rings. The summed E-state index contributed by atoms with van der Waals surface area (Å²) in [5, 5.41) is 0. The summed E-state index contributed by atoms with van der Waals surface area (Å²) in [5.41, 5.74) is 2.54. The lowest BCUT2D eigenvalue weighted by molar-refractivity contribution is 0.0933. The summed E-state index contributed by atoms with van der Waals surface area (Å²) in [5.74, 6) is 1.58. The summed E-state index contributed by atoms with van der Waals surface area (Å²) in [4.78, 5) is 20.5. The fraction of sp³-hybridized carbons (Fsp3) is 0.364. The lowest BCUT2D eigenvalue weighted by Gasteiger charge is -2.37. The molecule has 31 heavy (non-hydrogen) atoms. The van der Waals surface area contributed by atoms with Crippen LogP contribution >= 0.6 is 11.8 Å². The van der Waals surface area contributed by atoms with Gasteiger partial charge >= 0.3 is 0 Å². The quantitative estimate of drug-likeness (QED) is 0.385. The molecular formula is C22H24FN5O2S. The van der Waals surface area contributed by atoms with Gasteiger partial charge in [-0.1, -0.05) is 0 Å². The summed E-state index contributed by atoms with van der Waals surface area (Å²) in [6.07, 6.45) is 6.29. The van der Waals surface area contributed by atoms with Gasteiger partial charge in [-0.25, -0.2) is 24.3 Å². The van der Waals surface area contributed by atoms with Crippen LogP contribution in [0.2, 0.25) is 0 Å². The van der Waals surface area contributed by atoms with E-state index >= 15 is 0 Å². The summed E-state index contributed by atoms with van der Waals surface area (Å²) >= 11 is 1.62. The molecule has 0 saturated carbocycles. The Kier molecular flexibility index (Phi) is 7.06. The normalized spacial score (nSPS) is 15.7. The highest BCUT2D eigenvalue weighted by molar-refractivity contribution is 7.99. The number of rotatable bonds is 8. The zero-order valence-corrected chi connectivity index (χ0v) is 18.3. The van der Waals surface area contributed by atoms with E-state index in [-0.39, 0.29) is 5.82 Å². The molecule has 7 nitrogen and oxygen atoms in total. The largest absolute Gasteiger partial charge is 0.385 e. The van der Waals surface area contributed by atoms with E-state index in [1.54, 1.807) is 62.8 Å². The van der Waals surface area contributed by atoms with Gasteiger partial charge in [-0.3, -0.25) is 0 Å². The van der Waals surface area contributed by atoms with Gasteiger partial charge in [0.05, 0.1) is 5.69 Å². The van der Waals surface area contributed by atoms with Crippen molar-refractivity contribution in [3.63, 3.8) is 0 Å². The number of hydrogen-bond donors (Lipinski definition) is 0. The summed E-state index contributed by atoms with van der Waals surface area (Å²) in [6, 6.07) is 6.87. The molecule has 2 aromatic heterocycles. The van der Waals surface area contributed by atoms with Gasteiger partial charge in [0.2, 0.25) is 0 Å². The molecule has 0 saturated heterocycles. The number of ether oxygens (including phenoxy) is 2. The lowest BCUT2D eigenvalue weighted by Crippen LogP contribution is -2.37. The van der Waals surface area contributed by atoms with Crippen LogP contribution in [0.4, 0.5) is 10.1 Å². The summed E-state index contributed by atoms with van der Waals surface area (Å²) < 4.78 is 25.3. The van der Waals surface area contributed by atoms with E-state index in [4.69, 9.17) is 9.47 Å². The molecule has 1 aromatic carbocycles. The van der Waals surface area contributed by atoms with E-state index in [1.165, 1.54) is 0 Å². The van der Waals surface area contributed by atoms with Crippen LogP contribution < -0.4 is 4.90 Å². The Morgan fingerprint density at radius 2 is 1.97 bits per heavy atom. The van der Waals surface area contributed by atoms with Gasteiger partial charge < -0.3 is 14.4 Å². The number of anilines is 1. The molecule has 0 radical (unpaired) electrons. The molecule has 0 fully saturated rings. The third-order valence-electron chi connectivity index (χ3n) is 4.98. The van der Waals surface area contributed by atoms with Crippen LogP contribution in [0.15, 0.2) is 47.8 Å². The summed E-state index contributed by atoms with van der Waals surface area (Å²) in [7, 11) is 3.32. The highest BCUT2D eigenvalue weighted by atomic mass is 32.2. The zero-order chi connectivity index (χ0) is 21.6. The average Bonchev–Trinajstić information content (AvgIpc) is 2.81. The molecule has 4 rings (SSSR count). The number of methoxy groups -OCH3 is 2. The third kappa shape index (κ3) is 5.00. The first kappa shape index (κ1) is 21.6. The SMILES string of the molecule is COCCCSc1cc(F)cc(N2CCc3nc(-c4ncccn4)ncc3C2OC)c1. The fourth-order valence-electron chi connectivity index (χ4n) is 3.58. The Balaban J connectivity index is 1.58. The first-order valence-corrected chi connectivity index (χ1v) is 11.0. The van der Waals surface area contributed by atoms with Crippen molar-refractivity contribution in [2.75, 3.05) is 38.0 Å². The molecule has 3 aromatic rings. The van der Waals surface area contributed by atoms with Crippen LogP contribution in [0.3, 0.4) is 0 Å². The van der Waals surface area contributed by atoms with Crippen molar-refractivity contribution in [2.45, 2.75) is 24.0 Å². The number of aromatic nitrogens is 4. The topological polar surface area (TPSA) is 73.3 Å². The second-order valence-corrected chi connectivity index (χ2v) is 8.21. The Morgan fingerprint density at radius 1 is 1.13 bits per heavy atom. The predicted octanol–water partition coefficient (Wildman–Crippen LogP) is 3.91. The maximum absolute atomic E-state index is 14.4. The Labute approximate surface area is 185 Å². The predicted molar refractivity (Wildman–Crippen MR) is 117 cm³/mol. The van der Waals surface area contributed by atoms with E-state index in [0.717, 1.165) is 34.0 Å². The molecule has 162 valence electrons.